The lowest BCUT2D eigenvalue weighted by Gasteiger charge is -2.27. The summed E-state index contributed by atoms with van der Waals surface area (Å²) in [6.07, 6.45) is 1.67. The summed E-state index contributed by atoms with van der Waals surface area (Å²) in [5.41, 5.74) is 1.14. The molecule has 0 saturated carbocycles. The fourth-order valence-electron chi connectivity index (χ4n) is 2.64. The van der Waals surface area contributed by atoms with Crippen molar-refractivity contribution in [3.8, 4) is 6.07 Å². The van der Waals surface area contributed by atoms with Crippen LogP contribution >= 0.6 is 11.3 Å². The van der Waals surface area contributed by atoms with E-state index in [2.05, 4.69) is 16.1 Å². The molecule has 7 heteroatoms. The lowest BCUT2D eigenvalue weighted by atomic mass is 10.1. The molecule has 0 N–H and O–H groups in total. The molecule has 1 saturated heterocycles. The van der Waals surface area contributed by atoms with E-state index in [1.165, 1.54) is 9.68 Å². The van der Waals surface area contributed by atoms with Crippen LogP contribution in [-0.2, 0) is 4.74 Å². The first-order valence-electron chi connectivity index (χ1n) is 7.70. The van der Waals surface area contributed by atoms with E-state index in [1.807, 2.05) is 12.1 Å². The second-order valence-corrected chi connectivity index (χ2v) is 6.69. The summed E-state index contributed by atoms with van der Waals surface area (Å²) in [7, 11) is 0. The first kappa shape index (κ1) is 16.4. The maximum Gasteiger partial charge on any atom is 0.289 e. The Labute approximate surface area is 144 Å². The minimum absolute atomic E-state index is 0.137. The normalized spacial score (nSPS) is 15.0. The zero-order chi connectivity index (χ0) is 17.1. The van der Waals surface area contributed by atoms with Crippen LogP contribution in [0, 0.1) is 25.2 Å². The van der Waals surface area contributed by atoms with Gasteiger partial charge < -0.3 is 9.64 Å². The molecule has 6 nitrogen and oxygen atoms in total. The van der Waals surface area contributed by atoms with Gasteiger partial charge in [-0.1, -0.05) is 0 Å². The highest BCUT2D eigenvalue weighted by Gasteiger charge is 2.13. The Bertz CT molecular complexity index is 870. The molecular formula is C17H18N4O2S. The molecule has 0 amide bonds. The molecule has 1 aliphatic rings. The Morgan fingerprint density at radius 3 is 2.79 bits per heavy atom. The molecule has 0 aliphatic carbocycles. The van der Waals surface area contributed by atoms with Crippen LogP contribution in [0.15, 0.2) is 28.1 Å². The van der Waals surface area contributed by atoms with Crippen LogP contribution in [0.4, 0.5) is 5.00 Å². The molecule has 24 heavy (non-hydrogen) atoms. The number of aromatic nitrogens is 1. The van der Waals surface area contributed by atoms with E-state index in [0.717, 1.165) is 31.2 Å². The lowest BCUT2D eigenvalue weighted by Crippen LogP contribution is -2.35. The van der Waals surface area contributed by atoms with Gasteiger partial charge >= 0.3 is 0 Å². The molecule has 0 atom stereocenters. The van der Waals surface area contributed by atoms with E-state index in [-0.39, 0.29) is 11.1 Å². The third-order valence-corrected chi connectivity index (χ3v) is 4.99. The molecule has 1 fully saturated rings. The summed E-state index contributed by atoms with van der Waals surface area (Å²) in [4.78, 5) is 15.6. The summed E-state index contributed by atoms with van der Waals surface area (Å²) < 4.78 is 6.64. The number of rotatable bonds is 3. The Balaban J connectivity index is 1.86. The number of thiophene rings is 1. The van der Waals surface area contributed by atoms with Crippen molar-refractivity contribution in [2.45, 2.75) is 13.8 Å². The summed E-state index contributed by atoms with van der Waals surface area (Å²) in [6, 6.07) is 7.79. The van der Waals surface area contributed by atoms with Crippen LogP contribution in [0.25, 0.3) is 0 Å². The Kier molecular flexibility index (Phi) is 4.79. The van der Waals surface area contributed by atoms with Crippen LogP contribution in [0.3, 0.4) is 0 Å². The van der Waals surface area contributed by atoms with Crippen molar-refractivity contribution in [2.75, 3.05) is 31.2 Å². The topological polar surface area (TPSA) is 70.6 Å². The molecule has 2 aromatic heterocycles. The molecule has 3 rings (SSSR count). The van der Waals surface area contributed by atoms with Gasteiger partial charge in [-0.05, 0) is 37.6 Å². The van der Waals surface area contributed by atoms with Crippen LogP contribution in [0.1, 0.15) is 21.7 Å². The van der Waals surface area contributed by atoms with Crippen LogP contribution in [0.2, 0.25) is 0 Å². The van der Waals surface area contributed by atoms with Crippen molar-refractivity contribution < 1.29 is 4.74 Å². The first-order valence-corrected chi connectivity index (χ1v) is 8.52. The molecule has 0 bridgehead atoms. The average molecular weight is 342 g/mol. The van der Waals surface area contributed by atoms with Crippen molar-refractivity contribution in [3.05, 3.63) is 50.3 Å². The molecule has 0 radical (unpaired) electrons. The van der Waals surface area contributed by atoms with E-state index in [0.29, 0.717) is 11.3 Å². The smallest absolute Gasteiger partial charge is 0.289 e. The molecule has 2 aromatic rings. The number of anilines is 1. The molecule has 0 spiro atoms. The number of ether oxygens (including phenoxy) is 1. The third-order valence-electron chi connectivity index (χ3n) is 3.91. The second-order valence-electron chi connectivity index (χ2n) is 5.59. The van der Waals surface area contributed by atoms with E-state index in [4.69, 9.17) is 10.00 Å². The van der Waals surface area contributed by atoms with Crippen molar-refractivity contribution >= 4 is 22.6 Å². The van der Waals surface area contributed by atoms with Gasteiger partial charge in [0.05, 0.1) is 24.4 Å². The Morgan fingerprint density at radius 2 is 2.08 bits per heavy atom. The van der Waals surface area contributed by atoms with Gasteiger partial charge in [-0.25, -0.2) is 4.68 Å². The second kappa shape index (κ2) is 6.99. The molecule has 1 aliphatic heterocycles. The van der Waals surface area contributed by atoms with Gasteiger partial charge in [-0.3, -0.25) is 4.79 Å². The van der Waals surface area contributed by atoms with Gasteiger partial charge in [-0.2, -0.15) is 10.4 Å². The van der Waals surface area contributed by atoms with Crippen LogP contribution < -0.4 is 10.5 Å². The van der Waals surface area contributed by atoms with Crippen LogP contribution in [-0.4, -0.2) is 37.2 Å². The highest BCUT2D eigenvalue weighted by Crippen LogP contribution is 2.25. The van der Waals surface area contributed by atoms with Gasteiger partial charge in [-0.15, -0.1) is 11.3 Å². The molecular weight excluding hydrogens is 324 g/mol. The summed E-state index contributed by atoms with van der Waals surface area (Å²) in [5, 5.41) is 14.6. The van der Waals surface area contributed by atoms with Gasteiger partial charge in [0.15, 0.2) is 0 Å². The summed E-state index contributed by atoms with van der Waals surface area (Å²) in [5.74, 6) is 0. The SMILES string of the molecule is Cc1cc(C)n(/N=C/c2ccc(N3CCOCC3)s2)c(=O)c1C#N. The fourth-order valence-corrected chi connectivity index (χ4v) is 3.57. The third kappa shape index (κ3) is 3.25. The van der Waals surface area contributed by atoms with E-state index in [1.54, 1.807) is 37.5 Å². The number of hydrogen-bond acceptors (Lipinski definition) is 6. The predicted molar refractivity (Wildman–Crippen MR) is 95.2 cm³/mol. The number of nitrogens with zero attached hydrogens (tertiary/aromatic N) is 4. The largest absolute Gasteiger partial charge is 0.378 e. The van der Waals surface area contributed by atoms with Gasteiger partial charge in [0.1, 0.15) is 11.6 Å². The molecule has 0 unspecified atom stereocenters. The van der Waals surface area contributed by atoms with Gasteiger partial charge in [0.2, 0.25) is 0 Å². The quantitative estimate of drug-likeness (QED) is 0.801. The standard InChI is InChI=1S/C17H18N4O2S/c1-12-9-13(2)21(17(22)15(12)10-18)19-11-14-3-4-16(24-14)20-5-7-23-8-6-20/h3-4,9,11H,5-8H2,1-2H3/b19-11+. The predicted octanol–water partition coefficient (Wildman–Crippen LogP) is 2.12. The number of hydrogen-bond donors (Lipinski definition) is 0. The molecule has 3 heterocycles. The lowest BCUT2D eigenvalue weighted by molar-refractivity contribution is 0.123. The highest BCUT2D eigenvalue weighted by molar-refractivity contribution is 7.17. The molecule has 0 aromatic carbocycles. The number of nitriles is 1. The molecule has 124 valence electrons. The van der Waals surface area contributed by atoms with Crippen LogP contribution in [0.5, 0.6) is 0 Å². The van der Waals surface area contributed by atoms with Crippen molar-refractivity contribution in [3.63, 3.8) is 0 Å². The van der Waals surface area contributed by atoms with Crippen molar-refractivity contribution in [2.24, 2.45) is 5.10 Å². The van der Waals surface area contributed by atoms with E-state index >= 15 is 0 Å². The maximum absolute atomic E-state index is 12.3. The first-order chi connectivity index (χ1) is 11.6. The van der Waals surface area contributed by atoms with Crippen molar-refractivity contribution in [1.29, 1.82) is 5.26 Å². The minimum atomic E-state index is -0.379. The van der Waals surface area contributed by atoms with Gasteiger partial charge in [0.25, 0.3) is 5.56 Å². The summed E-state index contributed by atoms with van der Waals surface area (Å²) in [6.45, 7) is 6.83. The Morgan fingerprint density at radius 1 is 1.33 bits per heavy atom. The maximum atomic E-state index is 12.3. The minimum Gasteiger partial charge on any atom is -0.378 e. The highest BCUT2D eigenvalue weighted by atomic mass is 32.1. The van der Waals surface area contributed by atoms with E-state index in [9.17, 15) is 4.79 Å². The zero-order valence-electron chi connectivity index (χ0n) is 13.7. The number of pyridine rings is 1. The zero-order valence-corrected chi connectivity index (χ0v) is 14.5. The van der Waals surface area contributed by atoms with E-state index < -0.39 is 0 Å². The average Bonchev–Trinajstić information content (AvgIpc) is 3.04. The summed E-state index contributed by atoms with van der Waals surface area (Å²) >= 11 is 1.62. The number of aryl methyl sites for hydroxylation is 2. The van der Waals surface area contributed by atoms with Gasteiger partial charge in [0, 0.05) is 23.7 Å². The number of morpholine rings is 1. The monoisotopic (exact) mass is 342 g/mol. The fraction of sp³-hybridized carbons (Fsp3) is 0.353. The van der Waals surface area contributed by atoms with Crippen molar-refractivity contribution in [1.82, 2.24) is 4.68 Å². The Hall–Kier alpha value is -2.43.